The molecule has 1 aromatic carbocycles. The van der Waals surface area contributed by atoms with Crippen LogP contribution in [0.4, 0.5) is 0 Å². The number of amides is 2. The minimum Gasteiger partial charge on any atom is -0.379 e. The smallest absolute Gasteiger partial charge is 0.254 e. The molecule has 1 aromatic rings. The van der Waals surface area contributed by atoms with Gasteiger partial charge in [0.15, 0.2) is 0 Å². The van der Waals surface area contributed by atoms with Crippen LogP contribution in [0.1, 0.15) is 23.2 Å². The summed E-state index contributed by atoms with van der Waals surface area (Å²) in [4.78, 5) is 26.9. The summed E-state index contributed by atoms with van der Waals surface area (Å²) in [6.45, 7) is 1.82. The van der Waals surface area contributed by atoms with Crippen molar-refractivity contribution in [3.05, 3.63) is 33.8 Å². The summed E-state index contributed by atoms with van der Waals surface area (Å²) in [6.07, 6.45) is 1.20. The molecular weight excluding hydrogens is 441 g/mol. The topological polar surface area (TPSA) is 96.0 Å². The third-order valence-electron chi connectivity index (χ3n) is 4.95. The van der Waals surface area contributed by atoms with Crippen molar-refractivity contribution in [1.29, 1.82) is 0 Å². The van der Waals surface area contributed by atoms with Gasteiger partial charge in [0.05, 0.1) is 19.0 Å². The molecule has 1 unspecified atom stereocenters. The van der Waals surface area contributed by atoms with Gasteiger partial charge in [0.25, 0.3) is 5.91 Å². The van der Waals surface area contributed by atoms with Gasteiger partial charge in [-0.25, -0.2) is 8.42 Å². The van der Waals surface area contributed by atoms with Gasteiger partial charge in [0, 0.05) is 41.8 Å². The highest BCUT2D eigenvalue weighted by atomic mass is 35.5. The molecule has 1 N–H and O–H groups in total. The second-order valence-electron chi connectivity index (χ2n) is 6.93. The Kier molecular flexibility index (Phi) is 7.39. The maximum atomic E-state index is 12.8. The molecule has 11 heteroatoms. The number of rotatable bonds is 6. The van der Waals surface area contributed by atoms with Crippen LogP contribution < -0.4 is 5.32 Å². The van der Waals surface area contributed by atoms with Crippen LogP contribution in [-0.4, -0.2) is 80.6 Å². The quantitative estimate of drug-likeness (QED) is 0.687. The number of hydrogen-bond donors (Lipinski definition) is 1. The van der Waals surface area contributed by atoms with Gasteiger partial charge in [-0.3, -0.25) is 9.59 Å². The molecule has 29 heavy (non-hydrogen) atoms. The lowest BCUT2D eigenvalue weighted by Gasteiger charge is -2.26. The van der Waals surface area contributed by atoms with E-state index < -0.39 is 16.1 Å². The van der Waals surface area contributed by atoms with Gasteiger partial charge in [-0.15, -0.1) is 0 Å². The Hall–Kier alpha value is -1.39. The molecule has 8 nitrogen and oxygen atoms in total. The van der Waals surface area contributed by atoms with Crippen LogP contribution in [0.5, 0.6) is 0 Å². The van der Waals surface area contributed by atoms with Crippen molar-refractivity contribution in [3.8, 4) is 0 Å². The fourth-order valence-corrected chi connectivity index (χ4v) is 5.35. The Bertz CT molecular complexity index is 854. The number of morpholine rings is 1. The predicted octanol–water partition coefficient (Wildman–Crippen LogP) is 1.38. The number of hydrogen-bond acceptors (Lipinski definition) is 5. The van der Waals surface area contributed by atoms with E-state index in [0.29, 0.717) is 61.3 Å². The molecule has 1 atom stereocenters. The number of nitrogens with zero attached hydrogens (tertiary/aromatic N) is 2. The van der Waals surface area contributed by atoms with Crippen LogP contribution in [0, 0.1) is 0 Å². The molecule has 0 bridgehead atoms. The van der Waals surface area contributed by atoms with Crippen molar-refractivity contribution in [1.82, 2.24) is 14.5 Å². The van der Waals surface area contributed by atoms with E-state index in [0.717, 1.165) is 0 Å². The van der Waals surface area contributed by atoms with E-state index >= 15 is 0 Å². The number of carbonyl (C=O) groups excluding carboxylic acids is 2. The average molecular weight is 464 g/mol. The van der Waals surface area contributed by atoms with E-state index in [-0.39, 0.29) is 24.1 Å². The first kappa shape index (κ1) is 22.3. The highest BCUT2D eigenvalue weighted by molar-refractivity contribution is 7.89. The van der Waals surface area contributed by atoms with E-state index in [1.165, 1.54) is 27.4 Å². The van der Waals surface area contributed by atoms with E-state index in [4.69, 9.17) is 27.9 Å². The number of ether oxygens (including phenoxy) is 1. The Morgan fingerprint density at radius 3 is 2.41 bits per heavy atom. The number of carbonyl (C=O) groups is 2. The summed E-state index contributed by atoms with van der Waals surface area (Å²) in [5.41, 5.74) is 0.317. The third-order valence-corrected chi connectivity index (χ3v) is 7.26. The normalized spacial score (nSPS) is 20.6. The molecule has 160 valence electrons. The van der Waals surface area contributed by atoms with Crippen LogP contribution in [0.25, 0.3) is 0 Å². The Labute approximate surface area is 180 Å². The van der Waals surface area contributed by atoms with Crippen molar-refractivity contribution in [2.75, 3.05) is 45.1 Å². The second-order valence-corrected chi connectivity index (χ2v) is 9.89. The maximum absolute atomic E-state index is 12.8. The minimum atomic E-state index is -3.46. The molecule has 0 saturated carbocycles. The summed E-state index contributed by atoms with van der Waals surface area (Å²) in [7, 11) is -3.46. The molecule has 0 radical (unpaired) electrons. The Morgan fingerprint density at radius 1 is 1.10 bits per heavy atom. The molecule has 0 aromatic heterocycles. The van der Waals surface area contributed by atoms with Crippen molar-refractivity contribution in [2.24, 2.45) is 0 Å². The predicted molar refractivity (Wildman–Crippen MR) is 110 cm³/mol. The average Bonchev–Trinajstić information content (AvgIpc) is 3.17. The first-order valence-corrected chi connectivity index (χ1v) is 11.7. The SMILES string of the molecule is O=C(NCCS(=O)(=O)N1CCOCC1)C1CCCN1C(=O)c1cc(Cl)cc(Cl)c1. The number of benzene rings is 1. The van der Waals surface area contributed by atoms with Gasteiger partial charge in [-0.2, -0.15) is 4.31 Å². The van der Waals surface area contributed by atoms with Crippen LogP contribution in [-0.2, 0) is 19.6 Å². The highest BCUT2D eigenvalue weighted by Gasteiger charge is 2.35. The highest BCUT2D eigenvalue weighted by Crippen LogP contribution is 2.24. The molecule has 0 aliphatic carbocycles. The monoisotopic (exact) mass is 463 g/mol. The number of nitrogens with one attached hydrogen (secondary N) is 1. The zero-order valence-electron chi connectivity index (χ0n) is 15.8. The Morgan fingerprint density at radius 2 is 1.76 bits per heavy atom. The fourth-order valence-electron chi connectivity index (χ4n) is 3.50. The van der Waals surface area contributed by atoms with Gasteiger partial charge in [0.2, 0.25) is 15.9 Å². The summed E-state index contributed by atoms with van der Waals surface area (Å²) in [5, 5.41) is 3.34. The molecule has 3 rings (SSSR count). The number of halogens is 2. The lowest BCUT2D eigenvalue weighted by Crippen LogP contribution is -2.48. The zero-order chi connectivity index (χ0) is 21.0. The summed E-state index contributed by atoms with van der Waals surface area (Å²) < 4.78 is 31.2. The lowest BCUT2D eigenvalue weighted by atomic mass is 10.1. The largest absolute Gasteiger partial charge is 0.379 e. The van der Waals surface area contributed by atoms with Crippen molar-refractivity contribution in [3.63, 3.8) is 0 Å². The number of likely N-dealkylation sites (tertiary alicyclic amines) is 1. The van der Waals surface area contributed by atoms with Gasteiger partial charge < -0.3 is 15.0 Å². The Balaban J connectivity index is 1.57. The number of sulfonamides is 1. The molecular formula is C18H23Cl2N3O5S. The van der Waals surface area contributed by atoms with Crippen LogP contribution in [0.2, 0.25) is 10.0 Å². The van der Waals surface area contributed by atoms with Crippen LogP contribution >= 0.6 is 23.2 Å². The lowest BCUT2D eigenvalue weighted by molar-refractivity contribution is -0.124. The van der Waals surface area contributed by atoms with Crippen LogP contribution in [0.3, 0.4) is 0 Å². The van der Waals surface area contributed by atoms with Gasteiger partial charge in [-0.1, -0.05) is 23.2 Å². The molecule has 2 amide bonds. The first-order valence-electron chi connectivity index (χ1n) is 9.38. The van der Waals surface area contributed by atoms with Crippen molar-refractivity contribution < 1.29 is 22.7 Å². The molecule has 2 fully saturated rings. The second kappa shape index (κ2) is 9.61. The van der Waals surface area contributed by atoms with E-state index in [1.54, 1.807) is 0 Å². The molecule has 2 heterocycles. The maximum Gasteiger partial charge on any atom is 0.254 e. The molecule has 2 aliphatic heterocycles. The van der Waals surface area contributed by atoms with Crippen molar-refractivity contribution in [2.45, 2.75) is 18.9 Å². The molecule has 2 saturated heterocycles. The van der Waals surface area contributed by atoms with E-state index in [1.807, 2.05) is 0 Å². The zero-order valence-corrected chi connectivity index (χ0v) is 18.1. The standard InChI is InChI=1S/C18H23Cl2N3O5S/c19-14-10-13(11-15(20)12-14)18(25)23-4-1-2-16(23)17(24)21-3-9-29(26,27)22-5-7-28-8-6-22/h10-12,16H,1-9H2,(H,21,24). The first-order chi connectivity index (χ1) is 13.8. The summed E-state index contributed by atoms with van der Waals surface area (Å²) in [5.74, 6) is -0.877. The summed E-state index contributed by atoms with van der Waals surface area (Å²) in [6, 6.07) is 3.91. The minimum absolute atomic E-state index is 0.0138. The van der Waals surface area contributed by atoms with Crippen LogP contribution in [0.15, 0.2) is 18.2 Å². The fraction of sp³-hybridized carbons (Fsp3) is 0.556. The van der Waals surface area contributed by atoms with Gasteiger partial charge >= 0.3 is 0 Å². The summed E-state index contributed by atoms with van der Waals surface area (Å²) >= 11 is 11.9. The van der Waals surface area contributed by atoms with E-state index in [2.05, 4.69) is 5.32 Å². The van der Waals surface area contributed by atoms with E-state index in [9.17, 15) is 18.0 Å². The van der Waals surface area contributed by atoms with Gasteiger partial charge in [0.1, 0.15) is 6.04 Å². The van der Waals surface area contributed by atoms with Gasteiger partial charge in [-0.05, 0) is 31.0 Å². The molecule has 2 aliphatic rings. The third kappa shape index (κ3) is 5.61. The van der Waals surface area contributed by atoms with Crippen molar-refractivity contribution >= 4 is 45.0 Å². The molecule has 0 spiro atoms.